The molecule has 1 rings (SSSR count). The van der Waals surface area contributed by atoms with E-state index in [9.17, 15) is 4.79 Å². The molecule has 0 heterocycles. The maximum absolute atomic E-state index is 11.6. The Hall–Kier alpha value is -0.570. The molecule has 0 aromatic rings. The first-order valence-electron chi connectivity index (χ1n) is 5.70. The molecule has 0 aliphatic heterocycles. The average Bonchev–Trinajstić information content (AvgIpc) is 2.12. The predicted molar refractivity (Wildman–Crippen MR) is 57.8 cm³/mol. The summed E-state index contributed by atoms with van der Waals surface area (Å²) in [5, 5.41) is 3.01. The maximum Gasteiger partial charge on any atom is 0.223 e. The van der Waals surface area contributed by atoms with Crippen LogP contribution in [-0.2, 0) is 4.79 Å². The zero-order valence-corrected chi connectivity index (χ0v) is 9.25. The van der Waals surface area contributed by atoms with Crippen LogP contribution in [0.4, 0.5) is 0 Å². The minimum Gasteiger partial charge on any atom is -0.356 e. The van der Waals surface area contributed by atoms with Crippen LogP contribution in [0.3, 0.4) is 0 Å². The van der Waals surface area contributed by atoms with Crippen LogP contribution < -0.4 is 11.1 Å². The molecular weight excluding hydrogens is 176 g/mol. The van der Waals surface area contributed by atoms with Gasteiger partial charge < -0.3 is 11.1 Å². The van der Waals surface area contributed by atoms with Crippen molar-refractivity contribution < 1.29 is 4.79 Å². The topological polar surface area (TPSA) is 55.1 Å². The molecule has 0 unspecified atom stereocenters. The molecule has 0 atom stereocenters. The normalized spacial score (nSPS) is 26.0. The fourth-order valence-electron chi connectivity index (χ4n) is 2.00. The lowest BCUT2D eigenvalue weighted by Crippen LogP contribution is -2.43. The Balaban J connectivity index is 2.14. The van der Waals surface area contributed by atoms with Gasteiger partial charge in [-0.15, -0.1) is 0 Å². The molecule has 82 valence electrons. The monoisotopic (exact) mass is 198 g/mol. The molecule has 1 fully saturated rings. The lowest BCUT2D eigenvalue weighted by Gasteiger charge is -2.32. The zero-order valence-electron chi connectivity index (χ0n) is 9.25. The zero-order chi connectivity index (χ0) is 10.6. The molecule has 0 spiro atoms. The SMILES string of the molecule is CCC(CC)C(=O)NCC1CC(N)C1. The first-order valence-corrected chi connectivity index (χ1v) is 5.70. The molecule has 0 saturated heterocycles. The number of hydrogen-bond acceptors (Lipinski definition) is 2. The molecule has 0 aromatic heterocycles. The van der Waals surface area contributed by atoms with Crippen LogP contribution in [0.15, 0.2) is 0 Å². The maximum atomic E-state index is 11.6. The second-order valence-electron chi connectivity index (χ2n) is 4.36. The highest BCUT2D eigenvalue weighted by molar-refractivity contribution is 5.78. The first kappa shape index (κ1) is 11.5. The van der Waals surface area contributed by atoms with Crippen LogP contribution in [0.1, 0.15) is 39.5 Å². The number of hydrogen-bond donors (Lipinski definition) is 2. The second-order valence-corrected chi connectivity index (χ2v) is 4.36. The molecule has 1 amide bonds. The third-order valence-corrected chi connectivity index (χ3v) is 3.19. The van der Waals surface area contributed by atoms with E-state index in [0.29, 0.717) is 12.0 Å². The van der Waals surface area contributed by atoms with E-state index in [1.54, 1.807) is 0 Å². The third-order valence-electron chi connectivity index (χ3n) is 3.19. The van der Waals surface area contributed by atoms with E-state index in [4.69, 9.17) is 5.73 Å². The van der Waals surface area contributed by atoms with Crippen LogP contribution >= 0.6 is 0 Å². The van der Waals surface area contributed by atoms with Gasteiger partial charge in [0.25, 0.3) is 0 Å². The molecule has 0 aromatic carbocycles. The van der Waals surface area contributed by atoms with E-state index in [2.05, 4.69) is 19.2 Å². The van der Waals surface area contributed by atoms with Crippen molar-refractivity contribution in [1.29, 1.82) is 0 Å². The molecule has 3 nitrogen and oxygen atoms in total. The molecule has 0 radical (unpaired) electrons. The first-order chi connectivity index (χ1) is 6.67. The average molecular weight is 198 g/mol. The number of nitrogens with two attached hydrogens (primary N) is 1. The van der Waals surface area contributed by atoms with Crippen molar-refractivity contribution in [2.24, 2.45) is 17.6 Å². The van der Waals surface area contributed by atoms with Gasteiger partial charge in [0.15, 0.2) is 0 Å². The van der Waals surface area contributed by atoms with Crippen molar-refractivity contribution in [2.45, 2.75) is 45.6 Å². The molecule has 3 N–H and O–H groups in total. The minimum absolute atomic E-state index is 0.198. The van der Waals surface area contributed by atoms with Gasteiger partial charge in [-0.2, -0.15) is 0 Å². The van der Waals surface area contributed by atoms with E-state index in [-0.39, 0.29) is 11.8 Å². The van der Waals surface area contributed by atoms with Crippen molar-refractivity contribution in [3.8, 4) is 0 Å². The number of nitrogens with one attached hydrogen (secondary N) is 1. The van der Waals surface area contributed by atoms with Gasteiger partial charge in [0.1, 0.15) is 0 Å². The highest BCUT2D eigenvalue weighted by Crippen LogP contribution is 2.24. The summed E-state index contributed by atoms with van der Waals surface area (Å²) in [6, 6.07) is 0.380. The lowest BCUT2D eigenvalue weighted by atomic mass is 9.81. The van der Waals surface area contributed by atoms with Crippen molar-refractivity contribution in [2.75, 3.05) is 6.54 Å². The van der Waals surface area contributed by atoms with Crippen LogP contribution in [-0.4, -0.2) is 18.5 Å². The highest BCUT2D eigenvalue weighted by atomic mass is 16.1. The highest BCUT2D eigenvalue weighted by Gasteiger charge is 2.26. The Morgan fingerprint density at radius 3 is 2.43 bits per heavy atom. The molecule has 3 heteroatoms. The van der Waals surface area contributed by atoms with E-state index >= 15 is 0 Å². The summed E-state index contributed by atoms with van der Waals surface area (Å²) in [4.78, 5) is 11.6. The van der Waals surface area contributed by atoms with Crippen molar-refractivity contribution in [3.05, 3.63) is 0 Å². The molecule has 1 aliphatic rings. The van der Waals surface area contributed by atoms with E-state index in [0.717, 1.165) is 32.2 Å². The van der Waals surface area contributed by atoms with E-state index < -0.39 is 0 Å². The van der Waals surface area contributed by atoms with E-state index in [1.165, 1.54) is 0 Å². The smallest absolute Gasteiger partial charge is 0.223 e. The van der Waals surface area contributed by atoms with Gasteiger partial charge in [-0.05, 0) is 31.6 Å². The predicted octanol–water partition coefficient (Wildman–Crippen LogP) is 1.28. The molecular formula is C11H22N2O. The Bertz CT molecular complexity index is 184. The van der Waals surface area contributed by atoms with Gasteiger partial charge in [-0.3, -0.25) is 4.79 Å². The van der Waals surface area contributed by atoms with Crippen LogP contribution in [0.2, 0.25) is 0 Å². The summed E-state index contributed by atoms with van der Waals surface area (Å²) in [6.07, 6.45) is 4.02. The van der Waals surface area contributed by atoms with Gasteiger partial charge in [0.2, 0.25) is 5.91 Å². The summed E-state index contributed by atoms with van der Waals surface area (Å²) in [7, 11) is 0. The fraction of sp³-hybridized carbons (Fsp3) is 0.909. The van der Waals surface area contributed by atoms with Crippen molar-refractivity contribution in [3.63, 3.8) is 0 Å². The number of carbonyl (C=O) groups is 1. The molecule has 14 heavy (non-hydrogen) atoms. The summed E-state index contributed by atoms with van der Waals surface area (Å²) >= 11 is 0. The Labute approximate surface area is 86.4 Å². The Morgan fingerprint density at radius 2 is 2.00 bits per heavy atom. The van der Waals surface area contributed by atoms with Crippen LogP contribution in [0.25, 0.3) is 0 Å². The second kappa shape index (κ2) is 5.35. The van der Waals surface area contributed by atoms with Crippen molar-refractivity contribution >= 4 is 5.91 Å². The van der Waals surface area contributed by atoms with E-state index in [1.807, 2.05) is 0 Å². The lowest BCUT2D eigenvalue weighted by molar-refractivity contribution is -0.125. The largest absolute Gasteiger partial charge is 0.356 e. The Morgan fingerprint density at radius 1 is 1.43 bits per heavy atom. The van der Waals surface area contributed by atoms with Crippen LogP contribution in [0.5, 0.6) is 0 Å². The van der Waals surface area contributed by atoms with Crippen LogP contribution in [0, 0.1) is 11.8 Å². The minimum atomic E-state index is 0.198. The molecule has 1 saturated carbocycles. The fourth-order valence-corrected chi connectivity index (χ4v) is 2.00. The summed E-state index contributed by atoms with van der Waals surface area (Å²) in [5.74, 6) is 1.04. The van der Waals surface area contributed by atoms with Gasteiger partial charge >= 0.3 is 0 Å². The van der Waals surface area contributed by atoms with Gasteiger partial charge in [0.05, 0.1) is 0 Å². The van der Waals surface area contributed by atoms with Crippen molar-refractivity contribution in [1.82, 2.24) is 5.32 Å². The van der Waals surface area contributed by atoms with Gasteiger partial charge in [0, 0.05) is 18.5 Å². The summed E-state index contributed by atoms with van der Waals surface area (Å²) < 4.78 is 0. The standard InChI is InChI=1S/C11H22N2O/c1-3-9(4-2)11(14)13-7-8-5-10(12)6-8/h8-10H,3-7,12H2,1-2H3,(H,13,14). The third kappa shape index (κ3) is 2.98. The summed E-state index contributed by atoms with van der Waals surface area (Å²) in [6.45, 7) is 4.95. The van der Waals surface area contributed by atoms with Gasteiger partial charge in [-0.1, -0.05) is 13.8 Å². The summed E-state index contributed by atoms with van der Waals surface area (Å²) in [5.41, 5.74) is 5.67. The molecule has 0 bridgehead atoms. The molecule has 1 aliphatic carbocycles. The van der Waals surface area contributed by atoms with Gasteiger partial charge in [-0.25, -0.2) is 0 Å². The quantitative estimate of drug-likeness (QED) is 0.699. The number of rotatable bonds is 5. The number of amides is 1. The Kier molecular flexibility index (Phi) is 4.39. The number of carbonyl (C=O) groups excluding carboxylic acids is 1.